The number of aliphatic hydroxyl groups excluding tert-OH is 1. The van der Waals surface area contributed by atoms with Crippen LogP contribution >= 0.6 is 0 Å². The van der Waals surface area contributed by atoms with E-state index in [1.165, 1.54) is 17.7 Å². The van der Waals surface area contributed by atoms with E-state index in [1.807, 2.05) is 24.3 Å². The minimum absolute atomic E-state index is 0.0123. The molecule has 0 saturated carbocycles. The fourth-order valence-corrected chi connectivity index (χ4v) is 1.94. The Hall–Kier alpha value is -2.20. The zero-order valence-corrected chi connectivity index (χ0v) is 10.6. The second kappa shape index (κ2) is 5.63. The lowest BCUT2D eigenvalue weighted by Crippen LogP contribution is -2.00. The van der Waals surface area contributed by atoms with Crippen molar-refractivity contribution < 1.29 is 10.0 Å². The van der Waals surface area contributed by atoms with Crippen LogP contribution in [-0.2, 0) is 6.42 Å². The molecule has 0 spiro atoms. The molecule has 2 aromatic rings. The Balaban J connectivity index is 2.29. The third-order valence-corrected chi connectivity index (χ3v) is 3.10. The predicted molar refractivity (Wildman–Crippen MR) is 73.0 cm³/mol. The van der Waals surface area contributed by atoms with Gasteiger partial charge in [0.1, 0.15) is 6.10 Å². The molecule has 0 saturated heterocycles. The molecular weight excluding hydrogens is 242 g/mol. The number of aryl methyl sites for hydroxylation is 1. The summed E-state index contributed by atoms with van der Waals surface area (Å²) in [4.78, 5) is 10.3. The molecule has 0 amide bonds. The van der Waals surface area contributed by atoms with Gasteiger partial charge in [-0.25, -0.2) is 0 Å². The van der Waals surface area contributed by atoms with E-state index < -0.39 is 11.0 Å². The molecule has 0 aliphatic heterocycles. The summed E-state index contributed by atoms with van der Waals surface area (Å²) in [7, 11) is 0. The Kier molecular flexibility index (Phi) is 3.92. The molecule has 2 rings (SSSR count). The highest BCUT2D eigenvalue weighted by molar-refractivity contribution is 5.39. The fraction of sp³-hybridized carbons (Fsp3) is 0.200. The number of hydrogen-bond donors (Lipinski definition) is 1. The second-order valence-electron chi connectivity index (χ2n) is 4.35. The maximum Gasteiger partial charge on any atom is 0.269 e. The Bertz CT molecular complexity index is 578. The van der Waals surface area contributed by atoms with Crippen molar-refractivity contribution in [2.24, 2.45) is 0 Å². The van der Waals surface area contributed by atoms with E-state index in [4.69, 9.17) is 0 Å². The van der Waals surface area contributed by atoms with Crippen LogP contribution in [0.5, 0.6) is 0 Å². The van der Waals surface area contributed by atoms with E-state index in [-0.39, 0.29) is 5.69 Å². The van der Waals surface area contributed by atoms with Crippen LogP contribution in [-0.4, -0.2) is 10.0 Å². The van der Waals surface area contributed by atoms with E-state index in [1.54, 1.807) is 12.1 Å². The van der Waals surface area contributed by atoms with Gasteiger partial charge in [-0.05, 0) is 23.1 Å². The zero-order chi connectivity index (χ0) is 13.8. The van der Waals surface area contributed by atoms with E-state index >= 15 is 0 Å². The third-order valence-electron chi connectivity index (χ3n) is 3.10. The first-order chi connectivity index (χ1) is 9.11. The molecule has 98 valence electrons. The van der Waals surface area contributed by atoms with Crippen LogP contribution in [0.2, 0.25) is 0 Å². The van der Waals surface area contributed by atoms with Crippen LogP contribution in [0.15, 0.2) is 48.5 Å². The normalized spacial score (nSPS) is 12.1. The number of hydrogen-bond acceptors (Lipinski definition) is 3. The molecule has 0 radical (unpaired) electrons. The van der Waals surface area contributed by atoms with Gasteiger partial charge in [0.05, 0.1) is 4.92 Å². The summed E-state index contributed by atoms with van der Waals surface area (Å²) in [5, 5.41) is 21.0. The maximum absolute atomic E-state index is 10.7. The van der Waals surface area contributed by atoms with Gasteiger partial charge in [0.2, 0.25) is 0 Å². The lowest BCUT2D eigenvalue weighted by molar-refractivity contribution is -0.385. The highest BCUT2D eigenvalue weighted by Gasteiger charge is 2.14. The fourth-order valence-electron chi connectivity index (χ4n) is 1.94. The van der Waals surface area contributed by atoms with Gasteiger partial charge in [0.25, 0.3) is 5.69 Å². The predicted octanol–water partition coefficient (Wildman–Crippen LogP) is 3.24. The monoisotopic (exact) mass is 257 g/mol. The van der Waals surface area contributed by atoms with Gasteiger partial charge in [-0.3, -0.25) is 10.1 Å². The summed E-state index contributed by atoms with van der Waals surface area (Å²) in [6.45, 7) is 2.06. The summed E-state index contributed by atoms with van der Waals surface area (Å²) in [6.07, 6.45) is 0.0958. The van der Waals surface area contributed by atoms with Crippen molar-refractivity contribution >= 4 is 5.69 Å². The molecule has 0 unspecified atom stereocenters. The molecule has 0 bridgehead atoms. The smallest absolute Gasteiger partial charge is 0.269 e. The lowest BCUT2D eigenvalue weighted by atomic mass is 9.99. The number of non-ortho nitro benzene ring substituents is 1. The van der Waals surface area contributed by atoms with Gasteiger partial charge in [0, 0.05) is 12.1 Å². The van der Waals surface area contributed by atoms with E-state index in [0.717, 1.165) is 12.0 Å². The van der Waals surface area contributed by atoms with Crippen LogP contribution in [0, 0.1) is 10.1 Å². The van der Waals surface area contributed by atoms with Crippen LogP contribution in [0.1, 0.15) is 29.7 Å². The minimum Gasteiger partial charge on any atom is -0.384 e. The summed E-state index contributed by atoms with van der Waals surface area (Å²) < 4.78 is 0. The first kappa shape index (κ1) is 13.2. The quantitative estimate of drug-likeness (QED) is 0.675. The van der Waals surface area contributed by atoms with Gasteiger partial charge in [-0.2, -0.15) is 0 Å². The van der Waals surface area contributed by atoms with Crippen molar-refractivity contribution in [1.29, 1.82) is 0 Å². The lowest BCUT2D eigenvalue weighted by Gasteiger charge is -2.11. The number of nitro groups is 1. The number of nitrogens with zero attached hydrogens (tertiary/aromatic N) is 1. The van der Waals surface area contributed by atoms with Gasteiger partial charge >= 0.3 is 0 Å². The standard InChI is InChI=1S/C15H15NO3/c1-2-11-6-8-12(9-7-11)15(17)13-4-3-5-14(10-13)16(18)19/h3-10,15,17H,2H2,1H3/t15-/m0/s1. The Morgan fingerprint density at radius 1 is 1.16 bits per heavy atom. The molecule has 2 aromatic carbocycles. The Morgan fingerprint density at radius 2 is 1.84 bits per heavy atom. The molecule has 0 fully saturated rings. The van der Waals surface area contributed by atoms with Crippen molar-refractivity contribution in [2.75, 3.05) is 0 Å². The Labute approximate surface area is 111 Å². The number of benzene rings is 2. The highest BCUT2D eigenvalue weighted by Crippen LogP contribution is 2.25. The number of nitro benzene ring substituents is 1. The van der Waals surface area contributed by atoms with Gasteiger partial charge in [0.15, 0.2) is 0 Å². The molecule has 1 N–H and O–H groups in total. The van der Waals surface area contributed by atoms with Gasteiger partial charge in [-0.1, -0.05) is 43.3 Å². The Morgan fingerprint density at radius 3 is 2.42 bits per heavy atom. The topological polar surface area (TPSA) is 63.4 Å². The SMILES string of the molecule is CCc1ccc([C@H](O)c2cccc([N+](=O)[O-])c2)cc1. The third kappa shape index (κ3) is 2.98. The first-order valence-corrected chi connectivity index (χ1v) is 6.13. The van der Waals surface area contributed by atoms with E-state index in [9.17, 15) is 15.2 Å². The van der Waals surface area contributed by atoms with Crippen LogP contribution < -0.4 is 0 Å². The van der Waals surface area contributed by atoms with Crippen molar-refractivity contribution in [3.63, 3.8) is 0 Å². The van der Waals surface area contributed by atoms with Crippen molar-refractivity contribution in [1.82, 2.24) is 0 Å². The first-order valence-electron chi connectivity index (χ1n) is 6.13. The molecule has 4 heteroatoms. The summed E-state index contributed by atoms with van der Waals surface area (Å²) >= 11 is 0. The molecule has 19 heavy (non-hydrogen) atoms. The second-order valence-corrected chi connectivity index (χ2v) is 4.35. The average Bonchev–Trinajstić information content (AvgIpc) is 2.46. The molecule has 1 atom stereocenters. The molecule has 0 heterocycles. The summed E-state index contributed by atoms with van der Waals surface area (Å²) in [6, 6.07) is 13.7. The highest BCUT2D eigenvalue weighted by atomic mass is 16.6. The van der Waals surface area contributed by atoms with Crippen LogP contribution in [0.4, 0.5) is 5.69 Å². The summed E-state index contributed by atoms with van der Waals surface area (Å²) in [5.74, 6) is 0. The number of rotatable bonds is 4. The average molecular weight is 257 g/mol. The van der Waals surface area contributed by atoms with E-state index in [0.29, 0.717) is 5.56 Å². The molecule has 0 aliphatic rings. The maximum atomic E-state index is 10.7. The molecular formula is C15H15NO3. The molecule has 0 aliphatic carbocycles. The van der Waals surface area contributed by atoms with Crippen molar-refractivity contribution in [3.8, 4) is 0 Å². The number of aliphatic hydroxyl groups is 1. The van der Waals surface area contributed by atoms with E-state index in [2.05, 4.69) is 6.92 Å². The molecule has 4 nitrogen and oxygen atoms in total. The van der Waals surface area contributed by atoms with Crippen LogP contribution in [0.3, 0.4) is 0 Å². The summed E-state index contributed by atoms with van der Waals surface area (Å²) in [5.41, 5.74) is 2.44. The van der Waals surface area contributed by atoms with Crippen molar-refractivity contribution in [2.45, 2.75) is 19.4 Å². The minimum atomic E-state index is -0.842. The van der Waals surface area contributed by atoms with Gasteiger partial charge in [-0.15, -0.1) is 0 Å². The zero-order valence-electron chi connectivity index (χ0n) is 10.6. The largest absolute Gasteiger partial charge is 0.384 e. The van der Waals surface area contributed by atoms with Gasteiger partial charge < -0.3 is 5.11 Å². The molecule has 0 aromatic heterocycles. The van der Waals surface area contributed by atoms with Crippen molar-refractivity contribution in [3.05, 3.63) is 75.3 Å². The van der Waals surface area contributed by atoms with Crippen LogP contribution in [0.25, 0.3) is 0 Å².